The molecule has 2 N–H and O–H groups in total. The molecule has 0 unspecified atom stereocenters. The lowest BCUT2D eigenvalue weighted by atomic mass is 10.0. The Bertz CT molecular complexity index is 186. The summed E-state index contributed by atoms with van der Waals surface area (Å²) in [6.07, 6.45) is 28.2. The van der Waals surface area contributed by atoms with Crippen LogP contribution in [0.2, 0.25) is 0 Å². The third-order valence-corrected chi connectivity index (χ3v) is 5.18. The summed E-state index contributed by atoms with van der Waals surface area (Å²) in [4.78, 5) is 0. The molecule has 146 valence electrons. The van der Waals surface area contributed by atoms with E-state index in [9.17, 15) is 5.21 Å². The first-order valence-corrected chi connectivity index (χ1v) is 11.4. The minimum absolute atomic E-state index is 0.763. The molecule has 0 rings (SSSR count). The van der Waals surface area contributed by atoms with Crippen molar-refractivity contribution in [2.45, 2.75) is 135 Å². The van der Waals surface area contributed by atoms with Gasteiger partial charge in [-0.1, -0.05) is 122 Å². The van der Waals surface area contributed by atoms with Gasteiger partial charge in [-0.05, 0) is 12.8 Å². The minimum Gasteiger partial charge on any atom is -0.636 e. The lowest BCUT2D eigenvalue weighted by Gasteiger charge is -2.04. The summed E-state index contributed by atoms with van der Waals surface area (Å²) in [5.41, 5.74) is 1.05. The number of hydrogen-bond donors (Lipinski definition) is 1. The van der Waals surface area contributed by atoms with Gasteiger partial charge in [-0.25, -0.2) is 0 Å². The summed E-state index contributed by atoms with van der Waals surface area (Å²) in [5, 5.41) is 10.2. The minimum atomic E-state index is 0.763. The zero-order valence-electron chi connectivity index (χ0n) is 16.8. The first-order chi connectivity index (χ1) is 11.9. The summed E-state index contributed by atoms with van der Waals surface area (Å²) >= 11 is 0. The fourth-order valence-electron chi connectivity index (χ4n) is 3.48. The summed E-state index contributed by atoms with van der Waals surface area (Å²) in [7, 11) is 0. The van der Waals surface area contributed by atoms with E-state index in [1.54, 1.807) is 0 Å². The van der Waals surface area contributed by atoms with Gasteiger partial charge in [0.1, 0.15) is 0 Å². The molecule has 2 nitrogen and oxygen atoms in total. The highest BCUT2D eigenvalue weighted by Crippen LogP contribution is 2.14. The molecule has 0 heterocycles. The molecule has 2 heteroatoms. The first-order valence-electron chi connectivity index (χ1n) is 11.4. The second-order valence-electron chi connectivity index (χ2n) is 7.67. The van der Waals surface area contributed by atoms with E-state index in [0.717, 1.165) is 18.4 Å². The Kier molecular flexibility index (Phi) is 22.8. The first kappa shape index (κ1) is 23.9. The summed E-state index contributed by atoms with van der Waals surface area (Å²) in [6, 6.07) is 0. The van der Waals surface area contributed by atoms with Crippen LogP contribution in [0.4, 0.5) is 0 Å². The average Bonchev–Trinajstić information content (AvgIpc) is 2.60. The molecule has 24 heavy (non-hydrogen) atoms. The van der Waals surface area contributed by atoms with Crippen LogP contribution in [0, 0.1) is 5.21 Å². The van der Waals surface area contributed by atoms with Crippen molar-refractivity contribution in [3.63, 3.8) is 0 Å². The Labute approximate surface area is 153 Å². The van der Waals surface area contributed by atoms with Crippen LogP contribution >= 0.6 is 0 Å². The fourth-order valence-corrected chi connectivity index (χ4v) is 3.48. The van der Waals surface area contributed by atoms with Gasteiger partial charge in [-0.2, -0.15) is 0 Å². The second kappa shape index (κ2) is 22.9. The van der Waals surface area contributed by atoms with Crippen LogP contribution in [-0.4, -0.2) is 6.54 Å². The molecule has 0 aromatic carbocycles. The Balaban J connectivity index is 2.93. The lowest BCUT2D eigenvalue weighted by molar-refractivity contribution is -0.589. The molecule has 0 saturated carbocycles. The lowest BCUT2D eigenvalue weighted by Crippen LogP contribution is -2.77. The van der Waals surface area contributed by atoms with Gasteiger partial charge in [-0.3, -0.25) is 0 Å². The number of quaternary nitrogens is 1. The molecule has 0 atom stereocenters. The van der Waals surface area contributed by atoms with Crippen molar-refractivity contribution in [1.82, 2.24) is 0 Å². The van der Waals surface area contributed by atoms with Crippen LogP contribution in [0.25, 0.3) is 0 Å². The molecule has 0 bridgehead atoms. The molecule has 0 fully saturated rings. The predicted octanol–water partition coefficient (Wildman–Crippen LogP) is 6.87. The van der Waals surface area contributed by atoms with Crippen molar-refractivity contribution in [3.05, 3.63) is 5.21 Å². The van der Waals surface area contributed by atoms with Crippen molar-refractivity contribution in [1.29, 1.82) is 0 Å². The van der Waals surface area contributed by atoms with Crippen LogP contribution in [-0.2, 0) is 0 Å². The van der Waals surface area contributed by atoms with Crippen molar-refractivity contribution >= 4 is 0 Å². The van der Waals surface area contributed by atoms with Crippen LogP contribution in [0.15, 0.2) is 0 Å². The van der Waals surface area contributed by atoms with E-state index in [4.69, 9.17) is 0 Å². The molecule has 0 amide bonds. The molecule has 0 aliphatic rings. The van der Waals surface area contributed by atoms with Gasteiger partial charge < -0.3 is 10.7 Å². The van der Waals surface area contributed by atoms with Crippen LogP contribution in [0.3, 0.4) is 0 Å². The summed E-state index contributed by atoms with van der Waals surface area (Å²) in [6.45, 7) is 3.05. The Morgan fingerprint density at radius 2 is 0.667 bits per heavy atom. The maximum atomic E-state index is 10.2. The number of hydrogen-bond acceptors (Lipinski definition) is 1. The summed E-state index contributed by atoms with van der Waals surface area (Å²) < 4.78 is 0. The van der Waals surface area contributed by atoms with E-state index >= 15 is 0 Å². The summed E-state index contributed by atoms with van der Waals surface area (Å²) in [5.74, 6) is 0. The highest BCUT2D eigenvalue weighted by molar-refractivity contribution is 4.50. The molecule has 0 aromatic heterocycles. The topological polar surface area (TPSA) is 39.7 Å². The van der Waals surface area contributed by atoms with Crippen molar-refractivity contribution in [2.24, 2.45) is 0 Å². The molecule has 0 saturated heterocycles. The largest absolute Gasteiger partial charge is 0.636 e. The number of unbranched alkanes of at least 4 members (excludes halogenated alkanes) is 19. The maximum Gasteiger partial charge on any atom is 0.0752 e. The Morgan fingerprint density at radius 3 is 0.917 bits per heavy atom. The number of rotatable bonds is 21. The third-order valence-electron chi connectivity index (χ3n) is 5.18. The highest BCUT2D eigenvalue weighted by atomic mass is 16.5. The Hall–Kier alpha value is -0.0800. The zero-order valence-corrected chi connectivity index (χ0v) is 16.8. The monoisotopic (exact) mass is 341 g/mol. The van der Waals surface area contributed by atoms with Gasteiger partial charge >= 0.3 is 0 Å². The smallest absolute Gasteiger partial charge is 0.0752 e. The molecular formula is C22H47NO. The number of hydroxylamine groups is 1. The van der Waals surface area contributed by atoms with E-state index in [0.29, 0.717) is 0 Å². The Morgan fingerprint density at radius 1 is 0.417 bits per heavy atom. The van der Waals surface area contributed by atoms with Gasteiger partial charge in [0.05, 0.1) is 6.54 Å². The average molecular weight is 342 g/mol. The van der Waals surface area contributed by atoms with E-state index in [1.807, 2.05) is 0 Å². The molecule has 0 aromatic rings. The molecule has 0 aliphatic heterocycles. The van der Waals surface area contributed by atoms with Gasteiger partial charge in [0, 0.05) is 0 Å². The molecule has 0 spiro atoms. The van der Waals surface area contributed by atoms with E-state index in [1.165, 1.54) is 122 Å². The van der Waals surface area contributed by atoms with E-state index in [-0.39, 0.29) is 0 Å². The highest BCUT2D eigenvalue weighted by Gasteiger charge is 1.95. The maximum absolute atomic E-state index is 10.2. The van der Waals surface area contributed by atoms with E-state index < -0.39 is 0 Å². The fraction of sp³-hybridized carbons (Fsp3) is 1.00. The standard InChI is InChI=1S/C22H47NO/c1-2-3-4-5-6-7-8-9-10-11-12-13-14-15-16-17-18-19-20-21-22-23-24/h2-23H2,1H3. The van der Waals surface area contributed by atoms with Crippen LogP contribution < -0.4 is 5.48 Å². The van der Waals surface area contributed by atoms with Gasteiger partial charge in [0.2, 0.25) is 0 Å². The van der Waals surface area contributed by atoms with Crippen molar-refractivity contribution < 1.29 is 5.48 Å². The van der Waals surface area contributed by atoms with Crippen LogP contribution in [0.1, 0.15) is 135 Å². The SMILES string of the molecule is CCCCCCCCCCCCCCCCCCCCCC[NH2+][O-]. The quantitative estimate of drug-likeness (QED) is 0.179. The van der Waals surface area contributed by atoms with Crippen molar-refractivity contribution in [2.75, 3.05) is 6.54 Å². The molecule has 0 radical (unpaired) electrons. The second-order valence-corrected chi connectivity index (χ2v) is 7.67. The van der Waals surface area contributed by atoms with Gasteiger partial charge in [0.25, 0.3) is 0 Å². The molecule has 0 aliphatic carbocycles. The van der Waals surface area contributed by atoms with Gasteiger partial charge in [0.15, 0.2) is 0 Å². The number of nitrogens with two attached hydrogens (primary N) is 1. The van der Waals surface area contributed by atoms with Crippen LogP contribution in [0.5, 0.6) is 0 Å². The van der Waals surface area contributed by atoms with Gasteiger partial charge in [-0.15, -0.1) is 0 Å². The zero-order chi connectivity index (χ0) is 17.6. The van der Waals surface area contributed by atoms with Crippen molar-refractivity contribution in [3.8, 4) is 0 Å². The van der Waals surface area contributed by atoms with E-state index in [2.05, 4.69) is 6.92 Å². The molecular weight excluding hydrogens is 294 g/mol. The predicted molar refractivity (Wildman–Crippen MR) is 108 cm³/mol. The normalized spacial score (nSPS) is 11.2. The third kappa shape index (κ3) is 21.9.